The van der Waals surface area contributed by atoms with Crippen LogP contribution >= 0.6 is 35.3 Å². The van der Waals surface area contributed by atoms with Crippen molar-refractivity contribution >= 4 is 57.7 Å². The van der Waals surface area contributed by atoms with Crippen LogP contribution in [0.25, 0.3) is 22.4 Å². The molecular weight excluding hydrogens is 685 g/mol. The molecule has 1 heterocycles. The second kappa shape index (κ2) is 16.3. The van der Waals surface area contributed by atoms with E-state index in [1.165, 1.54) is 91.1 Å². The Morgan fingerprint density at radius 3 is 1.92 bits per heavy atom. The molecule has 3 heteroatoms. The van der Waals surface area contributed by atoms with Crippen LogP contribution < -0.4 is 0 Å². The van der Waals surface area contributed by atoms with Gasteiger partial charge in [-0.25, -0.2) is 0 Å². The van der Waals surface area contributed by atoms with Gasteiger partial charge < -0.3 is 0 Å². The van der Waals surface area contributed by atoms with Crippen molar-refractivity contribution in [3.8, 4) is 0 Å². The average molecular weight is 743 g/mol. The lowest BCUT2D eigenvalue weighted by molar-refractivity contribution is 0.331. The zero-order valence-corrected chi connectivity index (χ0v) is 35.4. The van der Waals surface area contributed by atoms with Gasteiger partial charge in [-0.2, -0.15) is 0 Å². The van der Waals surface area contributed by atoms with Gasteiger partial charge in [0.05, 0.1) is 0 Å². The quantitative estimate of drug-likeness (QED) is 0.115. The van der Waals surface area contributed by atoms with Gasteiger partial charge in [-0.15, -0.1) is 35.3 Å². The Labute approximate surface area is 328 Å². The van der Waals surface area contributed by atoms with E-state index in [0.29, 0.717) is 0 Å². The standard InChI is InChI=1S/C28H32S2.C21H26S/c1-19-6-7-21-17-22(9-8-20(21)16-19)28(29-14-15-30-28)23-10-11-24-25(18-23)27(4,5)13-12-26(24,2)3;1-16(2)13-14-22-21-11-9-20(10-12-21)18(4)15-19-7-5-17(3)6-8-19/h6-11,16-18H,12-15H2,1-5H3;5-12,15-16H,13-14H2,1-4H3/b;18-15+. The topological polar surface area (TPSA) is 0 Å². The Kier molecular flexibility index (Phi) is 12.1. The summed E-state index contributed by atoms with van der Waals surface area (Å²) < 4.78 is 0.00573. The number of allylic oxidation sites excluding steroid dienone is 1. The molecule has 1 aliphatic heterocycles. The van der Waals surface area contributed by atoms with E-state index in [9.17, 15) is 0 Å². The SMILES string of the molecule is C/C(=C\c1ccc(C)cc1)c1ccc(SCCC(C)C)cc1.Cc1ccc2cc(C3(c4ccc5c(c4)C(C)(C)CCC5(C)C)SCCS3)ccc2c1. The number of benzene rings is 5. The highest BCUT2D eigenvalue weighted by atomic mass is 32.2. The van der Waals surface area contributed by atoms with Crippen LogP contribution in [0.5, 0.6) is 0 Å². The second-order valence-corrected chi connectivity index (χ2v) is 20.7. The summed E-state index contributed by atoms with van der Waals surface area (Å²) in [6.07, 6.45) is 6.06. The minimum Gasteiger partial charge on any atom is -0.134 e. The maximum absolute atomic E-state index is 2.57. The third-order valence-corrected chi connectivity index (χ3v) is 15.6. The summed E-state index contributed by atoms with van der Waals surface area (Å²) in [6, 6.07) is 39.0. The van der Waals surface area contributed by atoms with Crippen LogP contribution in [0, 0.1) is 19.8 Å². The van der Waals surface area contributed by atoms with E-state index in [-0.39, 0.29) is 14.9 Å². The molecular formula is C49H58S3. The van der Waals surface area contributed by atoms with Crippen molar-refractivity contribution in [2.24, 2.45) is 5.92 Å². The van der Waals surface area contributed by atoms with Crippen molar-refractivity contribution in [2.75, 3.05) is 17.3 Å². The largest absolute Gasteiger partial charge is 0.134 e. The van der Waals surface area contributed by atoms with Crippen molar-refractivity contribution in [3.63, 3.8) is 0 Å². The summed E-state index contributed by atoms with van der Waals surface area (Å²) in [5.74, 6) is 4.41. The normalized spacial score (nSPS) is 17.5. The van der Waals surface area contributed by atoms with Crippen molar-refractivity contribution in [3.05, 3.63) is 148 Å². The summed E-state index contributed by atoms with van der Waals surface area (Å²) in [5.41, 5.74) is 13.1. The van der Waals surface area contributed by atoms with E-state index in [4.69, 9.17) is 0 Å². The van der Waals surface area contributed by atoms with Gasteiger partial charge in [-0.1, -0.05) is 144 Å². The van der Waals surface area contributed by atoms with E-state index in [1.807, 2.05) is 11.8 Å². The first-order valence-corrected chi connectivity index (χ1v) is 22.1. The van der Waals surface area contributed by atoms with Crippen molar-refractivity contribution in [1.29, 1.82) is 0 Å². The monoisotopic (exact) mass is 742 g/mol. The predicted molar refractivity (Wildman–Crippen MR) is 237 cm³/mol. The van der Waals surface area contributed by atoms with E-state index in [0.717, 1.165) is 5.92 Å². The molecule has 1 saturated heterocycles. The number of hydrogen-bond acceptors (Lipinski definition) is 3. The first kappa shape index (κ1) is 38.9. The van der Waals surface area contributed by atoms with Crippen LogP contribution in [0.15, 0.2) is 108 Å². The molecule has 52 heavy (non-hydrogen) atoms. The minimum absolute atomic E-state index is 0.00573. The molecule has 0 bridgehead atoms. The molecule has 0 N–H and O–H groups in total. The molecule has 5 aromatic carbocycles. The third kappa shape index (κ3) is 8.91. The van der Waals surface area contributed by atoms with Crippen LogP contribution in [-0.4, -0.2) is 17.3 Å². The number of aryl methyl sites for hydroxylation is 2. The van der Waals surface area contributed by atoms with Crippen molar-refractivity contribution in [2.45, 2.75) is 101 Å². The zero-order chi connectivity index (χ0) is 37.1. The minimum atomic E-state index is 0.00573. The molecule has 1 aliphatic carbocycles. The molecule has 0 unspecified atom stereocenters. The van der Waals surface area contributed by atoms with Crippen molar-refractivity contribution in [1.82, 2.24) is 0 Å². The molecule has 272 valence electrons. The van der Waals surface area contributed by atoms with E-state index < -0.39 is 0 Å². The molecule has 5 aromatic rings. The number of thioether (sulfide) groups is 3. The number of fused-ring (bicyclic) bond motifs is 2. The molecule has 0 atom stereocenters. The fourth-order valence-electron chi connectivity index (χ4n) is 7.50. The Bertz CT molecular complexity index is 2010. The highest BCUT2D eigenvalue weighted by molar-refractivity contribution is 8.20. The third-order valence-electron chi connectivity index (χ3n) is 11.0. The lowest BCUT2D eigenvalue weighted by Crippen LogP contribution is -2.34. The number of hydrogen-bond donors (Lipinski definition) is 0. The van der Waals surface area contributed by atoms with E-state index in [2.05, 4.69) is 195 Å². The molecule has 2 aliphatic rings. The lowest BCUT2D eigenvalue weighted by atomic mass is 9.63. The van der Waals surface area contributed by atoms with Gasteiger partial charge in [0.2, 0.25) is 0 Å². The Morgan fingerprint density at radius 2 is 1.25 bits per heavy atom. The van der Waals surface area contributed by atoms with Gasteiger partial charge in [-0.3, -0.25) is 0 Å². The molecule has 0 radical (unpaired) electrons. The molecule has 0 spiro atoms. The molecule has 1 fully saturated rings. The zero-order valence-electron chi connectivity index (χ0n) is 32.9. The fourth-order valence-corrected chi connectivity index (χ4v) is 11.9. The van der Waals surface area contributed by atoms with Gasteiger partial charge in [0.15, 0.2) is 0 Å². The summed E-state index contributed by atoms with van der Waals surface area (Å²) in [7, 11) is 0. The fraction of sp³-hybridized carbons (Fsp3) is 0.388. The van der Waals surface area contributed by atoms with Crippen molar-refractivity contribution < 1.29 is 0 Å². The first-order chi connectivity index (χ1) is 24.8. The Morgan fingerprint density at radius 1 is 0.673 bits per heavy atom. The summed E-state index contributed by atoms with van der Waals surface area (Å²) in [4.78, 5) is 1.37. The van der Waals surface area contributed by atoms with Crippen LogP contribution in [0.3, 0.4) is 0 Å². The number of rotatable bonds is 8. The van der Waals surface area contributed by atoms with Crippen LogP contribution in [-0.2, 0) is 14.9 Å². The highest BCUT2D eigenvalue weighted by Gasteiger charge is 2.42. The first-order valence-electron chi connectivity index (χ1n) is 19.2. The maximum Gasteiger partial charge on any atom is 0.111 e. The molecule has 0 nitrogen and oxygen atoms in total. The molecule has 0 aromatic heterocycles. The van der Waals surface area contributed by atoms with E-state index >= 15 is 0 Å². The molecule has 7 rings (SSSR count). The summed E-state index contributed by atoms with van der Waals surface area (Å²) in [5, 5.41) is 2.69. The van der Waals surface area contributed by atoms with Crippen LogP contribution in [0.4, 0.5) is 0 Å². The van der Waals surface area contributed by atoms with Crippen LogP contribution in [0.2, 0.25) is 0 Å². The second-order valence-electron chi connectivity index (χ2n) is 16.7. The van der Waals surface area contributed by atoms with Crippen LogP contribution in [0.1, 0.15) is 112 Å². The van der Waals surface area contributed by atoms with E-state index in [1.54, 1.807) is 11.1 Å². The summed E-state index contributed by atoms with van der Waals surface area (Å²) in [6.45, 7) is 20.7. The van der Waals surface area contributed by atoms with Gasteiger partial charge in [0.25, 0.3) is 0 Å². The van der Waals surface area contributed by atoms with Gasteiger partial charge in [-0.05, 0) is 130 Å². The summed E-state index contributed by atoms with van der Waals surface area (Å²) >= 11 is 6.20. The predicted octanol–water partition coefficient (Wildman–Crippen LogP) is 14.9. The van der Waals surface area contributed by atoms with Gasteiger partial charge in [0, 0.05) is 16.4 Å². The average Bonchev–Trinajstić information content (AvgIpc) is 3.63. The molecule has 0 amide bonds. The molecule has 0 saturated carbocycles. The maximum atomic E-state index is 2.57. The van der Waals surface area contributed by atoms with Gasteiger partial charge >= 0.3 is 0 Å². The lowest BCUT2D eigenvalue weighted by Gasteiger charge is -2.43. The highest BCUT2D eigenvalue weighted by Crippen LogP contribution is 2.58. The smallest absolute Gasteiger partial charge is 0.111 e. The Hall–Kier alpha value is -2.85. The van der Waals surface area contributed by atoms with Gasteiger partial charge in [0.1, 0.15) is 4.08 Å². The Balaban J connectivity index is 0.000000188.